The Hall–Kier alpha value is -1.62. The van der Waals surface area contributed by atoms with Crippen LogP contribution in [0.4, 0.5) is 5.69 Å². The zero-order valence-corrected chi connectivity index (χ0v) is 10.2. The molecule has 0 bridgehead atoms. The van der Waals surface area contributed by atoms with E-state index in [-0.39, 0.29) is 0 Å². The van der Waals surface area contributed by atoms with E-state index in [4.69, 9.17) is 10.5 Å². The molecule has 0 radical (unpaired) electrons. The van der Waals surface area contributed by atoms with Crippen LogP contribution in [0.3, 0.4) is 0 Å². The second-order valence-corrected chi connectivity index (χ2v) is 4.28. The van der Waals surface area contributed by atoms with Crippen LogP contribution in [0.1, 0.15) is 5.56 Å². The Labute approximate surface area is 102 Å². The summed E-state index contributed by atoms with van der Waals surface area (Å²) in [5.41, 5.74) is 7.30. The molecule has 0 fully saturated rings. The highest BCUT2D eigenvalue weighted by atomic mass is 79.9. The molecule has 16 heavy (non-hydrogen) atoms. The van der Waals surface area contributed by atoms with E-state index in [0.717, 1.165) is 10.0 Å². The molecule has 1 heterocycles. The van der Waals surface area contributed by atoms with Crippen LogP contribution in [-0.2, 0) is 0 Å². The molecular weight excluding hydrogens is 270 g/mol. The number of hydrogen-bond acceptors (Lipinski definition) is 4. The first-order chi connectivity index (χ1) is 7.63. The van der Waals surface area contributed by atoms with Crippen molar-refractivity contribution in [3.8, 4) is 11.8 Å². The lowest BCUT2D eigenvalue weighted by molar-refractivity contribution is 0.441. The normalized spacial score (nSPS) is 10.1. The minimum atomic E-state index is 0.308. The predicted octanol–water partition coefficient (Wildman–Crippen LogP) is 2.92. The number of benzene rings is 1. The van der Waals surface area contributed by atoms with Crippen LogP contribution in [0.15, 0.2) is 35.1 Å². The van der Waals surface area contributed by atoms with Gasteiger partial charge in [-0.3, -0.25) is 0 Å². The van der Waals surface area contributed by atoms with Crippen LogP contribution in [0.25, 0.3) is 0 Å². The van der Waals surface area contributed by atoms with Gasteiger partial charge >= 0.3 is 6.01 Å². The molecule has 0 aliphatic heterocycles. The maximum absolute atomic E-state index is 5.69. The van der Waals surface area contributed by atoms with Crippen LogP contribution in [-0.4, -0.2) is 9.97 Å². The lowest BCUT2D eigenvalue weighted by Gasteiger charge is -2.05. The standard InChI is InChI=1S/C11H10BrN3O/c1-7-5-14-11(15-6-7)16-10-3-8(12)2-9(13)4-10/h2-6H,13H2,1H3. The maximum atomic E-state index is 5.69. The summed E-state index contributed by atoms with van der Waals surface area (Å²) >= 11 is 3.34. The third-order valence-corrected chi connectivity index (χ3v) is 2.32. The summed E-state index contributed by atoms with van der Waals surface area (Å²) in [4.78, 5) is 8.09. The fraction of sp³-hybridized carbons (Fsp3) is 0.0909. The highest BCUT2D eigenvalue weighted by Gasteiger charge is 2.02. The molecule has 0 aliphatic carbocycles. The monoisotopic (exact) mass is 279 g/mol. The fourth-order valence-electron chi connectivity index (χ4n) is 1.18. The van der Waals surface area contributed by atoms with Gasteiger partial charge in [-0.25, -0.2) is 9.97 Å². The second kappa shape index (κ2) is 4.49. The van der Waals surface area contributed by atoms with Crippen molar-refractivity contribution < 1.29 is 4.74 Å². The molecule has 0 amide bonds. The average Bonchev–Trinajstić information content (AvgIpc) is 2.20. The number of halogens is 1. The van der Waals surface area contributed by atoms with Crippen molar-refractivity contribution in [2.24, 2.45) is 0 Å². The first-order valence-corrected chi connectivity index (χ1v) is 5.45. The van der Waals surface area contributed by atoms with E-state index >= 15 is 0 Å². The van der Waals surface area contributed by atoms with Crippen LogP contribution in [0, 0.1) is 6.92 Å². The number of nitrogen functional groups attached to an aromatic ring is 1. The summed E-state index contributed by atoms with van der Waals surface area (Å²) in [6.45, 7) is 1.92. The lowest BCUT2D eigenvalue weighted by atomic mass is 10.3. The highest BCUT2D eigenvalue weighted by Crippen LogP contribution is 2.25. The van der Waals surface area contributed by atoms with E-state index < -0.39 is 0 Å². The minimum Gasteiger partial charge on any atom is -0.424 e. The lowest BCUT2D eigenvalue weighted by Crippen LogP contribution is -1.93. The predicted molar refractivity (Wildman–Crippen MR) is 65.4 cm³/mol. The van der Waals surface area contributed by atoms with Gasteiger partial charge in [0.2, 0.25) is 0 Å². The number of nitrogens with zero attached hydrogens (tertiary/aromatic N) is 2. The van der Waals surface area contributed by atoms with Crippen LogP contribution < -0.4 is 10.5 Å². The van der Waals surface area contributed by atoms with Crippen molar-refractivity contribution in [1.82, 2.24) is 9.97 Å². The Bertz CT molecular complexity index is 479. The zero-order chi connectivity index (χ0) is 11.5. The molecule has 0 aliphatic rings. The van der Waals surface area contributed by atoms with Gasteiger partial charge in [-0.15, -0.1) is 0 Å². The van der Waals surface area contributed by atoms with E-state index in [2.05, 4.69) is 25.9 Å². The maximum Gasteiger partial charge on any atom is 0.321 e. The van der Waals surface area contributed by atoms with Gasteiger partial charge in [0.25, 0.3) is 0 Å². The molecule has 4 nitrogen and oxygen atoms in total. The third-order valence-electron chi connectivity index (χ3n) is 1.86. The Kier molecular flexibility index (Phi) is 3.05. The van der Waals surface area contributed by atoms with Crippen molar-refractivity contribution in [3.63, 3.8) is 0 Å². The quantitative estimate of drug-likeness (QED) is 0.859. The first kappa shape index (κ1) is 10.9. The number of hydrogen-bond donors (Lipinski definition) is 1. The minimum absolute atomic E-state index is 0.308. The zero-order valence-electron chi connectivity index (χ0n) is 8.64. The molecule has 2 aromatic rings. The Morgan fingerprint density at radius 2 is 1.88 bits per heavy atom. The van der Waals surface area contributed by atoms with Crippen LogP contribution in [0.5, 0.6) is 11.8 Å². The van der Waals surface area contributed by atoms with Crippen molar-refractivity contribution in [2.75, 3.05) is 5.73 Å². The molecule has 1 aromatic heterocycles. The van der Waals surface area contributed by atoms with Gasteiger partial charge in [-0.2, -0.15) is 0 Å². The van der Waals surface area contributed by atoms with Crippen molar-refractivity contribution >= 4 is 21.6 Å². The summed E-state index contributed by atoms with van der Waals surface area (Å²) in [7, 11) is 0. The van der Waals surface area contributed by atoms with E-state index in [1.165, 1.54) is 0 Å². The van der Waals surface area contributed by atoms with Gasteiger partial charge in [0.05, 0.1) is 0 Å². The molecule has 0 saturated carbocycles. The molecule has 5 heteroatoms. The molecular formula is C11H10BrN3O. The molecule has 0 unspecified atom stereocenters. The summed E-state index contributed by atoms with van der Waals surface area (Å²) in [6, 6.07) is 5.62. The molecule has 2 N–H and O–H groups in total. The van der Waals surface area contributed by atoms with Crippen LogP contribution in [0.2, 0.25) is 0 Å². The van der Waals surface area contributed by atoms with Crippen LogP contribution >= 0.6 is 15.9 Å². The van der Waals surface area contributed by atoms with Crippen molar-refractivity contribution in [1.29, 1.82) is 0 Å². The molecule has 1 aromatic carbocycles. The van der Waals surface area contributed by atoms with Gasteiger partial charge in [0.1, 0.15) is 5.75 Å². The summed E-state index contributed by atoms with van der Waals surface area (Å²) in [6.07, 6.45) is 3.40. The number of anilines is 1. The Morgan fingerprint density at radius 3 is 2.50 bits per heavy atom. The SMILES string of the molecule is Cc1cnc(Oc2cc(N)cc(Br)c2)nc1. The molecule has 0 atom stereocenters. The second-order valence-electron chi connectivity index (χ2n) is 3.37. The number of aromatic nitrogens is 2. The molecule has 0 spiro atoms. The number of rotatable bonds is 2. The van der Waals surface area contributed by atoms with E-state index in [1.807, 2.05) is 6.92 Å². The van der Waals surface area contributed by atoms with Gasteiger partial charge in [0, 0.05) is 28.6 Å². The van der Waals surface area contributed by atoms with Gasteiger partial charge in [-0.1, -0.05) is 15.9 Å². The highest BCUT2D eigenvalue weighted by molar-refractivity contribution is 9.10. The van der Waals surface area contributed by atoms with Gasteiger partial charge in [-0.05, 0) is 24.6 Å². The average molecular weight is 280 g/mol. The molecule has 82 valence electrons. The summed E-state index contributed by atoms with van der Waals surface area (Å²) in [5.74, 6) is 0.607. The molecule has 0 saturated heterocycles. The largest absolute Gasteiger partial charge is 0.424 e. The van der Waals surface area contributed by atoms with E-state index in [9.17, 15) is 0 Å². The summed E-state index contributed by atoms with van der Waals surface area (Å²) < 4.78 is 6.32. The molecule has 2 rings (SSSR count). The van der Waals surface area contributed by atoms with Gasteiger partial charge in [0.15, 0.2) is 0 Å². The van der Waals surface area contributed by atoms with Crippen molar-refractivity contribution in [2.45, 2.75) is 6.92 Å². The first-order valence-electron chi connectivity index (χ1n) is 4.66. The Balaban J connectivity index is 2.23. The fourth-order valence-corrected chi connectivity index (χ4v) is 1.67. The number of nitrogens with two attached hydrogens (primary N) is 1. The Morgan fingerprint density at radius 1 is 1.19 bits per heavy atom. The third kappa shape index (κ3) is 2.70. The van der Waals surface area contributed by atoms with E-state index in [0.29, 0.717) is 17.4 Å². The van der Waals surface area contributed by atoms with Crippen molar-refractivity contribution in [3.05, 3.63) is 40.6 Å². The smallest absolute Gasteiger partial charge is 0.321 e. The number of ether oxygens (including phenoxy) is 1. The van der Waals surface area contributed by atoms with E-state index in [1.54, 1.807) is 30.6 Å². The van der Waals surface area contributed by atoms with Gasteiger partial charge < -0.3 is 10.5 Å². The summed E-state index contributed by atoms with van der Waals surface area (Å²) in [5, 5.41) is 0. The number of aryl methyl sites for hydroxylation is 1. The topological polar surface area (TPSA) is 61.0 Å².